The largest absolute Gasteiger partial charge is 0.323 e. The molecule has 3 aromatic rings. The summed E-state index contributed by atoms with van der Waals surface area (Å²) in [6, 6.07) is 10.00. The van der Waals surface area contributed by atoms with Crippen LogP contribution >= 0.6 is 23.6 Å². The lowest BCUT2D eigenvalue weighted by Gasteiger charge is -2.17. The van der Waals surface area contributed by atoms with Crippen molar-refractivity contribution in [2.75, 3.05) is 0 Å². The van der Waals surface area contributed by atoms with E-state index >= 15 is 0 Å². The summed E-state index contributed by atoms with van der Waals surface area (Å²) < 4.78 is 2.20. The fourth-order valence-corrected chi connectivity index (χ4v) is 5.08. The van der Waals surface area contributed by atoms with E-state index in [0.29, 0.717) is 17.2 Å². The number of aryl methyl sites for hydroxylation is 1. The van der Waals surface area contributed by atoms with Crippen LogP contribution in [-0.2, 0) is 19.4 Å². The molecular weight excluding hydrogens is 324 g/mol. The number of hydrogen-bond acceptors (Lipinski definition) is 3. The molecule has 1 aromatic carbocycles. The molecule has 0 radical (unpaired) electrons. The highest BCUT2D eigenvalue weighted by Crippen LogP contribution is 2.35. The maximum Gasteiger partial charge on any atom is 0.263 e. The summed E-state index contributed by atoms with van der Waals surface area (Å²) in [6.07, 6.45) is 3.24. The Bertz CT molecular complexity index is 982. The lowest BCUT2D eigenvalue weighted by Crippen LogP contribution is -2.23. The number of nitrogens with one attached hydrogen (secondary N) is 1. The Morgan fingerprint density at radius 1 is 1.35 bits per heavy atom. The van der Waals surface area contributed by atoms with E-state index in [4.69, 9.17) is 12.2 Å². The summed E-state index contributed by atoms with van der Waals surface area (Å²) >= 11 is 7.16. The van der Waals surface area contributed by atoms with Crippen LogP contribution in [0.25, 0.3) is 10.2 Å². The van der Waals surface area contributed by atoms with Crippen molar-refractivity contribution in [1.29, 1.82) is 0 Å². The van der Waals surface area contributed by atoms with Crippen molar-refractivity contribution in [2.45, 2.75) is 32.7 Å². The molecule has 1 aliphatic rings. The topological polar surface area (TPSA) is 37.8 Å². The Hall–Kier alpha value is -1.72. The third-order valence-electron chi connectivity index (χ3n) is 4.62. The van der Waals surface area contributed by atoms with Gasteiger partial charge in [0.05, 0.1) is 11.9 Å². The van der Waals surface area contributed by atoms with Crippen molar-refractivity contribution in [3.05, 3.63) is 61.5 Å². The lowest BCUT2D eigenvalue weighted by molar-refractivity contribution is 0.509. The molecule has 0 aliphatic heterocycles. The summed E-state index contributed by atoms with van der Waals surface area (Å²) in [5, 5.41) is 0.862. The number of aromatic nitrogens is 2. The third-order valence-corrected chi connectivity index (χ3v) is 6.11. The Morgan fingerprint density at radius 3 is 2.91 bits per heavy atom. The van der Waals surface area contributed by atoms with E-state index in [9.17, 15) is 4.79 Å². The molecule has 0 unspecified atom stereocenters. The van der Waals surface area contributed by atoms with Crippen LogP contribution in [0.4, 0.5) is 0 Å². The van der Waals surface area contributed by atoms with Crippen LogP contribution in [0.2, 0.25) is 0 Å². The maximum absolute atomic E-state index is 13.1. The molecule has 2 aromatic heterocycles. The fraction of sp³-hybridized carbons (Fsp3) is 0.333. The second kappa shape index (κ2) is 5.73. The SMILES string of the molecule is C[C@H]1CCc2c(sc3[nH]c(=S)n(Cc4ccccc4)c(=O)c23)C1. The van der Waals surface area contributed by atoms with Crippen molar-refractivity contribution in [1.82, 2.24) is 9.55 Å². The number of fused-ring (bicyclic) bond motifs is 3. The molecule has 0 saturated heterocycles. The van der Waals surface area contributed by atoms with Crippen LogP contribution in [0.1, 0.15) is 29.3 Å². The standard InChI is InChI=1S/C18H18N2OS2/c1-11-7-8-13-14(9-11)23-16-15(13)17(21)20(18(22)19-16)10-12-5-3-2-4-6-12/h2-6,11H,7-10H2,1H3,(H,19,22)/t11-/m0/s1. The smallest absolute Gasteiger partial charge is 0.263 e. The number of H-pyrrole nitrogens is 1. The molecule has 0 saturated carbocycles. The van der Waals surface area contributed by atoms with Gasteiger partial charge in [0.1, 0.15) is 4.83 Å². The quantitative estimate of drug-likeness (QED) is 0.705. The zero-order valence-electron chi connectivity index (χ0n) is 13.0. The van der Waals surface area contributed by atoms with Gasteiger partial charge in [-0.2, -0.15) is 0 Å². The second-order valence-electron chi connectivity index (χ2n) is 6.36. The van der Waals surface area contributed by atoms with Crippen LogP contribution in [-0.4, -0.2) is 9.55 Å². The predicted molar refractivity (Wildman–Crippen MR) is 98.0 cm³/mol. The van der Waals surface area contributed by atoms with E-state index in [1.165, 1.54) is 10.4 Å². The first-order valence-electron chi connectivity index (χ1n) is 7.95. The van der Waals surface area contributed by atoms with Crippen LogP contribution in [0, 0.1) is 10.7 Å². The van der Waals surface area contributed by atoms with Crippen molar-refractivity contribution in [3.8, 4) is 0 Å². The number of hydrogen-bond donors (Lipinski definition) is 1. The molecule has 1 aliphatic carbocycles. The van der Waals surface area contributed by atoms with Gasteiger partial charge in [0.25, 0.3) is 5.56 Å². The van der Waals surface area contributed by atoms with Gasteiger partial charge in [-0.3, -0.25) is 9.36 Å². The number of thiophene rings is 1. The number of aromatic amines is 1. The van der Waals surface area contributed by atoms with Gasteiger partial charge in [-0.05, 0) is 48.5 Å². The summed E-state index contributed by atoms with van der Waals surface area (Å²) in [7, 11) is 0. The minimum atomic E-state index is 0.0552. The first-order chi connectivity index (χ1) is 11.1. The minimum absolute atomic E-state index is 0.0552. The van der Waals surface area contributed by atoms with Gasteiger partial charge in [-0.25, -0.2) is 0 Å². The Kier molecular flexibility index (Phi) is 3.70. The van der Waals surface area contributed by atoms with Crippen molar-refractivity contribution in [2.24, 2.45) is 5.92 Å². The monoisotopic (exact) mass is 342 g/mol. The molecule has 5 heteroatoms. The van der Waals surface area contributed by atoms with Crippen LogP contribution in [0.5, 0.6) is 0 Å². The molecule has 1 N–H and O–H groups in total. The fourth-order valence-electron chi connectivity index (χ4n) is 3.37. The van der Waals surface area contributed by atoms with Gasteiger partial charge in [-0.15, -0.1) is 11.3 Å². The molecular formula is C18H18N2OS2. The van der Waals surface area contributed by atoms with Crippen molar-refractivity contribution >= 4 is 33.8 Å². The molecule has 2 heterocycles. The highest BCUT2D eigenvalue weighted by Gasteiger charge is 2.23. The van der Waals surface area contributed by atoms with Crippen LogP contribution in [0.15, 0.2) is 35.1 Å². The first-order valence-corrected chi connectivity index (χ1v) is 9.17. The second-order valence-corrected chi connectivity index (χ2v) is 7.85. The summed E-state index contributed by atoms with van der Waals surface area (Å²) in [6.45, 7) is 2.80. The lowest BCUT2D eigenvalue weighted by atomic mass is 9.89. The van der Waals surface area contributed by atoms with Gasteiger partial charge in [0.2, 0.25) is 0 Å². The van der Waals surface area contributed by atoms with Gasteiger partial charge >= 0.3 is 0 Å². The molecule has 0 fully saturated rings. The van der Waals surface area contributed by atoms with E-state index < -0.39 is 0 Å². The molecule has 0 spiro atoms. The highest BCUT2D eigenvalue weighted by atomic mass is 32.1. The summed E-state index contributed by atoms with van der Waals surface area (Å²) in [5.41, 5.74) is 2.40. The summed E-state index contributed by atoms with van der Waals surface area (Å²) in [5.74, 6) is 0.699. The predicted octanol–water partition coefficient (Wildman–Crippen LogP) is 4.29. The highest BCUT2D eigenvalue weighted by molar-refractivity contribution is 7.71. The average molecular weight is 342 g/mol. The van der Waals surface area contributed by atoms with E-state index in [-0.39, 0.29) is 5.56 Å². The van der Waals surface area contributed by atoms with E-state index in [0.717, 1.165) is 35.0 Å². The molecule has 118 valence electrons. The zero-order chi connectivity index (χ0) is 16.0. The zero-order valence-corrected chi connectivity index (χ0v) is 14.6. The van der Waals surface area contributed by atoms with Crippen molar-refractivity contribution < 1.29 is 0 Å². The molecule has 0 bridgehead atoms. The van der Waals surface area contributed by atoms with Gasteiger partial charge in [-0.1, -0.05) is 37.3 Å². The molecule has 1 atom stereocenters. The van der Waals surface area contributed by atoms with E-state index in [1.807, 2.05) is 30.3 Å². The van der Waals surface area contributed by atoms with Crippen LogP contribution < -0.4 is 5.56 Å². The number of nitrogens with zero attached hydrogens (tertiary/aromatic N) is 1. The minimum Gasteiger partial charge on any atom is -0.323 e. The molecule has 3 nitrogen and oxygen atoms in total. The van der Waals surface area contributed by atoms with Gasteiger partial charge in [0.15, 0.2) is 4.77 Å². The Labute approximate surface area is 143 Å². The van der Waals surface area contributed by atoms with Gasteiger partial charge in [0, 0.05) is 4.88 Å². The Balaban J connectivity index is 1.90. The molecule has 23 heavy (non-hydrogen) atoms. The third kappa shape index (κ3) is 2.58. The average Bonchev–Trinajstić information content (AvgIpc) is 2.89. The molecule has 0 amide bonds. The number of benzene rings is 1. The first kappa shape index (κ1) is 14.8. The maximum atomic E-state index is 13.1. The number of rotatable bonds is 2. The van der Waals surface area contributed by atoms with Crippen LogP contribution in [0.3, 0.4) is 0 Å². The normalized spacial score (nSPS) is 17.3. The Morgan fingerprint density at radius 2 is 2.13 bits per heavy atom. The van der Waals surface area contributed by atoms with Gasteiger partial charge < -0.3 is 4.98 Å². The van der Waals surface area contributed by atoms with E-state index in [2.05, 4.69) is 11.9 Å². The molecule has 4 rings (SSSR count). The summed E-state index contributed by atoms with van der Waals surface area (Å²) in [4.78, 5) is 18.6. The van der Waals surface area contributed by atoms with E-state index in [1.54, 1.807) is 15.9 Å². The van der Waals surface area contributed by atoms with Crippen molar-refractivity contribution in [3.63, 3.8) is 0 Å².